The van der Waals surface area contributed by atoms with Gasteiger partial charge >= 0.3 is 0 Å². The zero-order valence-corrected chi connectivity index (χ0v) is 15.1. The maximum absolute atomic E-state index is 12.9. The molecule has 1 aromatic rings. The van der Waals surface area contributed by atoms with Crippen LogP contribution in [-0.2, 0) is 4.79 Å². The van der Waals surface area contributed by atoms with E-state index in [1.54, 1.807) is 4.68 Å². The number of aromatic nitrogens is 4. The number of carbonyl (C=O) groups is 1. The number of hydrogen-bond donors (Lipinski definition) is 2. The fraction of sp³-hybridized carbons (Fsp3) is 0.875. The third kappa shape index (κ3) is 4.50. The van der Waals surface area contributed by atoms with Gasteiger partial charge in [0.05, 0.1) is 0 Å². The Morgan fingerprint density at radius 2 is 1.96 bits per heavy atom. The van der Waals surface area contributed by atoms with Crippen molar-refractivity contribution in [2.24, 2.45) is 5.92 Å². The molecule has 1 saturated heterocycles. The monoisotopic (exact) mass is 322 g/mol. The average molecular weight is 322 g/mol. The molecule has 7 nitrogen and oxygen atoms in total. The summed E-state index contributed by atoms with van der Waals surface area (Å²) in [7, 11) is 0. The molecule has 1 aliphatic rings. The van der Waals surface area contributed by atoms with Crippen molar-refractivity contribution < 1.29 is 4.79 Å². The van der Waals surface area contributed by atoms with Crippen molar-refractivity contribution >= 4 is 5.91 Å². The summed E-state index contributed by atoms with van der Waals surface area (Å²) in [4.78, 5) is 12.9. The van der Waals surface area contributed by atoms with Crippen LogP contribution in [0.4, 0.5) is 0 Å². The van der Waals surface area contributed by atoms with Crippen molar-refractivity contribution in [2.75, 3.05) is 0 Å². The Morgan fingerprint density at radius 3 is 2.43 bits per heavy atom. The van der Waals surface area contributed by atoms with Crippen LogP contribution in [0.1, 0.15) is 66.8 Å². The van der Waals surface area contributed by atoms with E-state index in [1.165, 1.54) is 6.33 Å². The molecular weight excluding hydrogens is 292 g/mol. The van der Waals surface area contributed by atoms with E-state index in [1.807, 2.05) is 0 Å². The second-order valence-corrected chi connectivity index (χ2v) is 8.13. The van der Waals surface area contributed by atoms with Crippen LogP contribution < -0.4 is 10.6 Å². The second-order valence-electron chi connectivity index (χ2n) is 8.13. The molecule has 2 unspecified atom stereocenters. The van der Waals surface area contributed by atoms with Gasteiger partial charge in [-0.05, 0) is 56.9 Å². The number of nitrogens with zero attached hydrogens (tertiary/aromatic N) is 4. The maximum Gasteiger partial charge on any atom is 0.245 e. The highest BCUT2D eigenvalue weighted by atomic mass is 16.2. The minimum atomic E-state index is -0.365. The number of tetrazole rings is 1. The summed E-state index contributed by atoms with van der Waals surface area (Å²) < 4.78 is 1.57. The summed E-state index contributed by atoms with van der Waals surface area (Å²) in [6.45, 7) is 12.9. The topological polar surface area (TPSA) is 84.7 Å². The summed E-state index contributed by atoms with van der Waals surface area (Å²) in [6.07, 6.45) is 4.23. The number of amides is 1. The molecule has 0 saturated carbocycles. The van der Waals surface area contributed by atoms with Gasteiger partial charge in [-0.25, -0.2) is 4.68 Å². The number of carbonyl (C=O) groups excluding carboxylic acids is 1. The van der Waals surface area contributed by atoms with Gasteiger partial charge in [0.25, 0.3) is 0 Å². The Bertz CT molecular complexity index is 509. The molecule has 23 heavy (non-hydrogen) atoms. The van der Waals surface area contributed by atoms with Gasteiger partial charge in [0.2, 0.25) is 5.91 Å². The predicted octanol–water partition coefficient (Wildman–Crippen LogP) is 1.69. The van der Waals surface area contributed by atoms with Crippen LogP contribution >= 0.6 is 0 Å². The van der Waals surface area contributed by atoms with Gasteiger partial charge in [-0.1, -0.05) is 20.3 Å². The molecule has 1 aromatic heterocycles. The summed E-state index contributed by atoms with van der Waals surface area (Å²) in [5.41, 5.74) is 0.000747. The second kappa shape index (κ2) is 6.55. The molecule has 0 spiro atoms. The van der Waals surface area contributed by atoms with E-state index in [2.05, 4.69) is 67.7 Å². The Hall–Kier alpha value is -1.50. The lowest BCUT2D eigenvalue weighted by Crippen LogP contribution is -2.62. The molecule has 1 fully saturated rings. The van der Waals surface area contributed by atoms with Crippen molar-refractivity contribution in [3.8, 4) is 0 Å². The molecular formula is C16H30N6O. The van der Waals surface area contributed by atoms with Crippen molar-refractivity contribution in [3.63, 3.8) is 0 Å². The first kappa shape index (κ1) is 17.8. The molecule has 2 rings (SSSR count). The first-order valence-corrected chi connectivity index (χ1v) is 8.46. The predicted molar refractivity (Wildman–Crippen MR) is 88.8 cm³/mol. The van der Waals surface area contributed by atoms with Gasteiger partial charge in [0, 0.05) is 17.1 Å². The number of hydrogen-bond acceptors (Lipinski definition) is 5. The van der Waals surface area contributed by atoms with Gasteiger partial charge in [-0.2, -0.15) is 0 Å². The number of rotatable bonds is 5. The summed E-state index contributed by atoms with van der Waals surface area (Å²) >= 11 is 0. The van der Waals surface area contributed by atoms with E-state index >= 15 is 0 Å². The van der Waals surface area contributed by atoms with Crippen LogP contribution in [0.15, 0.2) is 6.33 Å². The van der Waals surface area contributed by atoms with Crippen molar-refractivity contribution in [1.29, 1.82) is 0 Å². The molecule has 130 valence electrons. The van der Waals surface area contributed by atoms with Crippen LogP contribution in [0.5, 0.6) is 0 Å². The Labute approximate surface area is 138 Å². The van der Waals surface area contributed by atoms with E-state index in [4.69, 9.17) is 0 Å². The molecule has 7 heteroatoms. The normalized spacial score (nSPS) is 23.2. The van der Waals surface area contributed by atoms with Crippen LogP contribution in [-0.4, -0.2) is 43.2 Å². The Balaban J connectivity index is 2.12. The molecule has 1 amide bonds. The van der Waals surface area contributed by atoms with Crippen molar-refractivity contribution in [2.45, 2.75) is 84.0 Å². The minimum absolute atomic E-state index is 0.000374. The van der Waals surface area contributed by atoms with Gasteiger partial charge in [0.15, 0.2) is 0 Å². The third-order valence-corrected chi connectivity index (χ3v) is 4.64. The molecule has 2 atom stereocenters. The Morgan fingerprint density at radius 1 is 1.35 bits per heavy atom. The van der Waals surface area contributed by atoms with E-state index in [0.29, 0.717) is 0 Å². The standard InChI is InChI=1S/C16H30N6O/c1-7-11(2)13(22-10-17-20-21-22)14(23)18-12-8-15(3,4)19-16(5,6)9-12/h10-13,19H,7-9H2,1-6H3,(H,18,23). The van der Waals surface area contributed by atoms with Gasteiger partial charge in [-0.3, -0.25) is 4.79 Å². The molecule has 0 bridgehead atoms. The minimum Gasteiger partial charge on any atom is -0.351 e. The van der Waals surface area contributed by atoms with Crippen molar-refractivity contribution in [3.05, 3.63) is 6.33 Å². The smallest absolute Gasteiger partial charge is 0.245 e. The first-order chi connectivity index (χ1) is 10.6. The van der Waals surface area contributed by atoms with E-state index < -0.39 is 0 Å². The fourth-order valence-corrected chi connectivity index (χ4v) is 3.87. The molecule has 2 N–H and O–H groups in total. The largest absolute Gasteiger partial charge is 0.351 e. The van der Waals surface area contributed by atoms with Crippen LogP contribution in [0.3, 0.4) is 0 Å². The maximum atomic E-state index is 12.9. The molecule has 1 aliphatic heterocycles. The molecule has 0 radical (unpaired) electrons. The lowest BCUT2D eigenvalue weighted by atomic mass is 9.79. The van der Waals surface area contributed by atoms with Crippen molar-refractivity contribution in [1.82, 2.24) is 30.8 Å². The summed E-state index contributed by atoms with van der Waals surface area (Å²) in [5.74, 6) is 0.173. The van der Waals surface area contributed by atoms with Gasteiger partial charge in [0.1, 0.15) is 12.4 Å². The van der Waals surface area contributed by atoms with Crippen LogP contribution in [0, 0.1) is 5.92 Å². The third-order valence-electron chi connectivity index (χ3n) is 4.64. The number of nitrogens with one attached hydrogen (secondary N) is 2. The van der Waals surface area contributed by atoms with Gasteiger partial charge < -0.3 is 10.6 Å². The van der Waals surface area contributed by atoms with E-state index in [-0.39, 0.29) is 35.0 Å². The first-order valence-electron chi connectivity index (χ1n) is 8.46. The lowest BCUT2D eigenvalue weighted by Gasteiger charge is -2.46. The van der Waals surface area contributed by atoms with Gasteiger partial charge in [-0.15, -0.1) is 5.10 Å². The molecule has 0 aromatic carbocycles. The quantitative estimate of drug-likeness (QED) is 0.861. The SMILES string of the molecule is CCC(C)C(C(=O)NC1CC(C)(C)NC(C)(C)C1)n1cnnn1. The summed E-state index contributed by atoms with van der Waals surface area (Å²) in [6, 6.07) is -0.215. The lowest BCUT2D eigenvalue weighted by molar-refractivity contribution is -0.127. The highest BCUT2D eigenvalue weighted by molar-refractivity contribution is 5.80. The molecule has 0 aliphatic carbocycles. The highest BCUT2D eigenvalue weighted by Gasteiger charge is 2.39. The van der Waals surface area contributed by atoms with E-state index in [9.17, 15) is 4.79 Å². The Kier molecular flexibility index (Phi) is 5.08. The number of piperidine rings is 1. The van der Waals surface area contributed by atoms with Crippen LogP contribution in [0.2, 0.25) is 0 Å². The zero-order valence-electron chi connectivity index (χ0n) is 15.1. The average Bonchev–Trinajstić information content (AvgIpc) is 2.88. The van der Waals surface area contributed by atoms with E-state index in [0.717, 1.165) is 19.3 Å². The zero-order chi connectivity index (χ0) is 17.3. The van der Waals surface area contributed by atoms with Crippen LogP contribution in [0.25, 0.3) is 0 Å². The highest BCUT2D eigenvalue weighted by Crippen LogP contribution is 2.29. The summed E-state index contributed by atoms with van der Waals surface area (Å²) in [5, 5.41) is 18.2. The fourth-order valence-electron chi connectivity index (χ4n) is 3.87. The molecule has 2 heterocycles.